The van der Waals surface area contributed by atoms with Crippen molar-refractivity contribution >= 4 is 17.4 Å². The molecule has 3 rings (SSSR count). The van der Waals surface area contributed by atoms with Crippen molar-refractivity contribution in [1.82, 2.24) is 10.6 Å². The summed E-state index contributed by atoms with van der Waals surface area (Å²) >= 11 is 1.72. The quantitative estimate of drug-likeness (QED) is 0.907. The molecule has 0 fully saturated rings. The molecule has 0 bridgehead atoms. The molecule has 2 N–H and O–H groups in total. The van der Waals surface area contributed by atoms with Crippen LogP contribution in [-0.2, 0) is 6.42 Å². The van der Waals surface area contributed by atoms with Crippen LogP contribution in [0.2, 0.25) is 0 Å². The number of fused-ring (bicyclic) bond motifs is 1. The van der Waals surface area contributed by atoms with Gasteiger partial charge in [0.15, 0.2) is 0 Å². The molecule has 1 aliphatic rings. The number of amides is 2. The molecule has 1 aromatic carbocycles. The summed E-state index contributed by atoms with van der Waals surface area (Å²) in [5, 5.41) is 8.06. The van der Waals surface area contributed by atoms with E-state index in [-0.39, 0.29) is 12.1 Å². The molecule has 0 aliphatic carbocycles. The van der Waals surface area contributed by atoms with Gasteiger partial charge in [-0.15, -0.1) is 11.3 Å². The van der Waals surface area contributed by atoms with Gasteiger partial charge in [0.1, 0.15) is 5.75 Å². The first-order valence-corrected chi connectivity index (χ1v) is 8.49. The first kappa shape index (κ1) is 14.9. The Labute approximate surface area is 134 Å². The molecule has 2 aromatic rings. The monoisotopic (exact) mass is 316 g/mol. The van der Waals surface area contributed by atoms with Crippen LogP contribution in [0.25, 0.3) is 0 Å². The van der Waals surface area contributed by atoms with Gasteiger partial charge in [-0.05, 0) is 36.8 Å². The van der Waals surface area contributed by atoms with E-state index in [0.717, 1.165) is 30.6 Å². The molecule has 116 valence electrons. The van der Waals surface area contributed by atoms with Gasteiger partial charge in [0.05, 0.1) is 12.6 Å². The molecule has 4 nitrogen and oxygen atoms in total. The highest BCUT2D eigenvalue weighted by atomic mass is 32.1. The van der Waals surface area contributed by atoms with Crippen LogP contribution in [0.1, 0.15) is 29.3 Å². The molecule has 22 heavy (non-hydrogen) atoms. The van der Waals surface area contributed by atoms with Crippen molar-refractivity contribution in [2.24, 2.45) is 0 Å². The number of rotatable bonds is 4. The molecule has 1 aromatic heterocycles. The Balaban J connectivity index is 1.54. The molecule has 2 amide bonds. The second-order valence-electron chi connectivity index (χ2n) is 5.31. The zero-order valence-electron chi connectivity index (χ0n) is 12.4. The first-order valence-electron chi connectivity index (χ1n) is 7.61. The molecular formula is C17H20N2O2S. The van der Waals surface area contributed by atoms with E-state index in [1.165, 1.54) is 4.88 Å². The van der Waals surface area contributed by atoms with Gasteiger partial charge in [-0.25, -0.2) is 4.79 Å². The van der Waals surface area contributed by atoms with Crippen LogP contribution in [0.4, 0.5) is 4.79 Å². The number of thiophene rings is 1. The molecule has 2 heterocycles. The Morgan fingerprint density at radius 2 is 2.18 bits per heavy atom. The van der Waals surface area contributed by atoms with E-state index in [1.54, 1.807) is 11.3 Å². The largest absolute Gasteiger partial charge is 0.493 e. The van der Waals surface area contributed by atoms with Crippen molar-refractivity contribution in [3.05, 3.63) is 52.2 Å². The summed E-state index contributed by atoms with van der Waals surface area (Å²) in [5.74, 6) is 0.879. The maximum absolute atomic E-state index is 12.1. The average molecular weight is 316 g/mol. The number of hydrogen-bond acceptors (Lipinski definition) is 3. The van der Waals surface area contributed by atoms with Gasteiger partial charge in [-0.1, -0.05) is 24.3 Å². The highest BCUT2D eigenvalue weighted by molar-refractivity contribution is 7.09. The predicted molar refractivity (Wildman–Crippen MR) is 88.5 cm³/mol. The third-order valence-corrected chi connectivity index (χ3v) is 4.67. The van der Waals surface area contributed by atoms with Crippen LogP contribution in [0.3, 0.4) is 0 Å². The number of para-hydroxylation sites is 1. The Morgan fingerprint density at radius 1 is 1.27 bits per heavy atom. The van der Waals surface area contributed by atoms with Crippen molar-refractivity contribution in [3.63, 3.8) is 0 Å². The first-order chi connectivity index (χ1) is 10.8. The molecule has 0 saturated carbocycles. The Morgan fingerprint density at radius 3 is 3.05 bits per heavy atom. The fourth-order valence-electron chi connectivity index (χ4n) is 2.64. The summed E-state index contributed by atoms with van der Waals surface area (Å²) in [4.78, 5) is 13.4. The van der Waals surface area contributed by atoms with Crippen LogP contribution in [0.5, 0.6) is 5.75 Å². The standard InChI is InChI=1S/C17H20N2O2S/c20-17(18-10-9-13-5-4-12-22-13)19-15-7-3-11-21-16-8-2-1-6-14(15)16/h1-2,4-6,8,12,15H,3,7,9-11H2,(H2,18,19,20)/t15-/m0/s1. The Kier molecular flexibility index (Phi) is 4.96. The number of carbonyl (C=O) groups excluding carboxylic acids is 1. The number of ether oxygens (including phenoxy) is 1. The molecule has 0 radical (unpaired) electrons. The number of nitrogens with one attached hydrogen (secondary N) is 2. The van der Waals surface area contributed by atoms with Gasteiger partial charge in [-0.3, -0.25) is 0 Å². The number of urea groups is 1. The summed E-state index contributed by atoms with van der Waals surface area (Å²) < 4.78 is 5.72. The van der Waals surface area contributed by atoms with E-state index in [1.807, 2.05) is 30.3 Å². The third kappa shape index (κ3) is 3.80. The second kappa shape index (κ2) is 7.31. The van der Waals surface area contributed by atoms with Crippen molar-refractivity contribution in [2.75, 3.05) is 13.2 Å². The number of carbonyl (C=O) groups is 1. The summed E-state index contributed by atoms with van der Waals surface area (Å²) in [6.45, 7) is 1.35. The van der Waals surface area contributed by atoms with Gasteiger partial charge in [0.2, 0.25) is 0 Å². The summed E-state index contributed by atoms with van der Waals surface area (Å²) in [5.41, 5.74) is 1.06. The second-order valence-corrected chi connectivity index (χ2v) is 6.34. The highest BCUT2D eigenvalue weighted by Crippen LogP contribution is 2.30. The Hall–Kier alpha value is -2.01. The fourth-order valence-corrected chi connectivity index (χ4v) is 3.35. The molecule has 0 unspecified atom stereocenters. The van der Waals surface area contributed by atoms with Crippen LogP contribution in [-0.4, -0.2) is 19.2 Å². The maximum Gasteiger partial charge on any atom is 0.315 e. The highest BCUT2D eigenvalue weighted by Gasteiger charge is 2.20. The van der Waals surface area contributed by atoms with Crippen LogP contribution in [0.15, 0.2) is 41.8 Å². The van der Waals surface area contributed by atoms with E-state index < -0.39 is 0 Å². The molecule has 0 spiro atoms. The fraction of sp³-hybridized carbons (Fsp3) is 0.353. The summed E-state index contributed by atoms with van der Waals surface area (Å²) in [7, 11) is 0. The van der Waals surface area contributed by atoms with E-state index in [4.69, 9.17) is 4.74 Å². The van der Waals surface area contributed by atoms with E-state index in [9.17, 15) is 4.79 Å². The predicted octanol–water partition coefficient (Wildman–Crippen LogP) is 3.50. The van der Waals surface area contributed by atoms with E-state index >= 15 is 0 Å². The van der Waals surface area contributed by atoms with Gasteiger partial charge in [-0.2, -0.15) is 0 Å². The van der Waals surface area contributed by atoms with Crippen LogP contribution in [0, 0.1) is 0 Å². The lowest BCUT2D eigenvalue weighted by molar-refractivity contribution is 0.236. The SMILES string of the molecule is O=C(NCCc1cccs1)N[C@H]1CCCOc2ccccc21. The van der Waals surface area contributed by atoms with Crippen LogP contribution < -0.4 is 15.4 Å². The lowest BCUT2D eigenvalue weighted by Crippen LogP contribution is -2.38. The zero-order chi connectivity index (χ0) is 15.2. The minimum atomic E-state index is -0.113. The van der Waals surface area contributed by atoms with Crippen LogP contribution >= 0.6 is 11.3 Å². The average Bonchev–Trinajstić information content (AvgIpc) is 2.96. The van der Waals surface area contributed by atoms with Crippen molar-refractivity contribution in [3.8, 4) is 5.75 Å². The number of benzene rings is 1. The third-order valence-electron chi connectivity index (χ3n) is 3.73. The number of hydrogen-bond donors (Lipinski definition) is 2. The van der Waals surface area contributed by atoms with Crippen molar-refractivity contribution < 1.29 is 9.53 Å². The molecule has 5 heteroatoms. The van der Waals surface area contributed by atoms with Gasteiger partial charge in [0, 0.05) is 17.0 Å². The van der Waals surface area contributed by atoms with E-state index in [0.29, 0.717) is 13.2 Å². The molecular weight excluding hydrogens is 296 g/mol. The lowest BCUT2D eigenvalue weighted by atomic mass is 10.0. The molecule has 1 aliphatic heterocycles. The van der Waals surface area contributed by atoms with Gasteiger partial charge < -0.3 is 15.4 Å². The smallest absolute Gasteiger partial charge is 0.315 e. The van der Waals surface area contributed by atoms with Gasteiger partial charge >= 0.3 is 6.03 Å². The molecule has 0 saturated heterocycles. The van der Waals surface area contributed by atoms with Gasteiger partial charge in [0.25, 0.3) is 0 Å². The minimum Gasteiger partial charge on any atom is -0.493 e. The summed E-state index contributed by atoms with van der Waals surface area (Å²) in [6.07, 6.45) is 2.71. The lowest BCUT2D eigenvalue weighted by Gasteiger charge is -2.18. The molecule has 1 atom stereocenters. The minimum absolute atomic E-state index is 0.0143. The van der Waals surface area contributed by atoms with E-state index in [2.05, 4.69) is 22.1 Å². The normalized spacial score (nSPS) is 17.0. The zero-order valence-corrected chi connectivity index (χ0v) is 13.2. The topological polar surface area (TPSA) is 50.4 Å². The van der Waals surface area contributed by atoms with Crippen molar-refractivity contribution in [2.45, 2.75) is 25.3 Å². The van der Waals surface area contributed by atoms with Crippen molar-refractivity contribution in [1.29, 1.82) is 0 Å². The maximum atomic E-state index is 12.1. The Bertz CT molecular complexity index is 613. The summed E-state index contributed by atoms with van der Waals surface area (Å²) in [6, 6.07) is 11.9.